The molecular formula is C30H20O. The molecule has 0 radical (unpaired) electrons. The zero-order valence-corrected chi connectivity index (χ0v) is 17.3. The number of ether oxygens (including phenoxy) is 1. The molecule has 1 heteroatoms. The van der Waals surface area contributed by atoms with Gasteiger partial charge in [0.25, 0.3) is 0 Å². The third-order valence-electron chi connectivity index (χ3n) is 6.86. The third kappa shape index (κ3) is 2.26. The second-order valence-electron chi connectivity index (χ2n) is 8.56. The first-order chi connectivity index (χ1) is 15.3. The molecular weight excluding hydrogens is 376 g/mol. The zero-order chi connectivity index (χ0) is 20.5. The number of benzene rings is 6. The van der Waals surface area contributed by atoms with Gasteiger partial charge in [0.05, 0.1) is 0 Å². The third-order valence-corrected chi connectivity index (χ3v) is 6.86. The largest absolute Gasteiger partial charge is 0.456 e. The average molecular weight is 396 g/mol. The van der Waals surface area contributed by atoms with E-state index in [0.717, 1.165) is 17.9 Å². The van der Waals surface area contributed by atoms with Gasteiger partial charge in [0.1, 0.15) is 11.5 Å². The van der Waals surface area contributed by atoms with Gasteiger partial charge < -0.3 is 4.74 Å². The van der Waals surface area contributed by atoms with Gasteiger partial charge in [-0.1, -0.05) is 84.9 Å². The first-order valence-electron chi connectivity index (χ1n) is 10.8. The number of rotatable bonds is 0. The minimum absolute atomic E-state index is 0.887. The van der Waals surface area contributed by atoms with Gasteiger partial charge in [0, 0.05) is 17.4 Å². The predicted molar refractivity (Wildman–Crippen MR) is 131 cm³/mol. The molecule has 7 rings (SSSR count). The SMILES string of the molecule is Cc1cccc2c1ccc1c3c(c4c5ccccc5ccc4c12)Oc1ccccc1C3. The van der Waals surface area contributed by atoms with Crippen LogP contribution in [-0.2, 0) is 6.42 Å². The van der Waals surface area contributed by atoms with E-state index >= 15 is 0 Å². The topological polar surface area (TPSA) is 9.23 Å². The van der Waals surface area contributed by atoms with Crippen molar-refractivity contribution in [3.8, 4) is 11.5 Å². The minimum Gasteiger partial charge on any atom is -0.456 e. The number of hydrogen-bond donors (Lipinski definition) is 0. The number of hydrogen-bond acceptors (Lipinski definition) is 1. The summed E-state index contributed by atoms with van der Waals surface area (Å²) in [4.78, 5) is 0. The maximum atomic E-state index is 6.64. The van der Waals surface area contributed by atoms with Crippen LogP contribution >= 0.6 is 0 Å². The maximum Gasteiger partial charge on any atom is 0.140 e. The van der Waals surface area contributed by atoms with Gasteiger partial charge in [-0.2, -0.15) is 0 Å². The van der Waals surface area contributed by atoms with Crippen LogP contribution in [0.4, 0.5) is 0 Å². The standard InChI is InChI=1S/C30H20O/c1-18-7-6-11-23-21(18)15-16-24-26-17-20-9-3-5-12-27(20)31-30(26)29-22-10-4-2-8-19(22)13-14-25(29)28(23)24/h2-16H,17H2,1H3. The van der Waals surface area contributed by atoms with Crippen LogP contribution in [0.15, 0.2) is 91.0 Å². The summed E-state index contributed by atoms with van der Waals surface area (Å²) in [5, 5.41) is 10.3. The highest BCUT2D eigenvalue weighted by Gasteiger charge is 2.24. The van der Waals surface area contributed by atoms with Crippen LogP contribution in [0, 0.1) is 6.92 Å². The lowest BCUT2D eigenvalue weighted by atomic mass is 9.86. The van der Waals surface area contributed by atoms with E-state index < -0.39 is 0 Å². The predicted octanol–water partition coefficient (Wildman–Crippen LogP) is 8.30. The molecule has 0 amide bonds. The van der Waals surface area contributed by atoms with E-state index in [0.29, 0.717) is 0 Å². The van der Waals surface area contributed by atoms with Crippen LogP contribution in [-0.4, -0.2) is 0 Å². The van der Waals surface area contributed by atoms with Gasteiger partial charge in [-0.05, 0) is 61.8 Å². The summed E-state index contributed by atoms with van der Waals surface area (Å²) < 4.78 is 6.64. The van der Waals surface area contributed by atoms with E-state index in [1.807, 2.05) is 0 Å². The molecule has 0 atom stereocenters. The van der Waals surface area contributed by atoms with Crippen LogP contribution in [0.5, 0.6) is 11.5 Å². The van der Waals surface area contributed by atoms with Crippen LogP contribution < -0.4 is 4.74 Å². The molecule has 0 N–H and O–H groups in total. The van der Waals surface area contributed by atoms with Crippen LogP contribution in [0.25, 0.3) is 43.1 Å². The maximum absolute atomic E-state index is 6.64. The van der Waals surface area contributed by atoms with Gasteiger partial charge in [0.15, 0.2) is 0 Å². The minimum atomic E-state index is 0.887. The fraction of sp³-hybridized carbons (Fsp3) is 0.0667. The fourth-order valence-corrected chi connectivity index (χ4v) is 5.39. The molecule has 0 aliphatic carbocycles. The Labute approximate surface area is 180 Å². The average Bonchev–Trinajstić information content (AvgIpc) is 2.82. The van der Waals surface area contributed by atoms with Gasteiger partial charge in [0.2, 0.25) is 0 Å². The zero-order valence-electron chi connectivity index (χ0n) is 17.3. The second-order valence-corrected chi connectivity index (χ2v) is 8.56. The van der Waals surface area contributed by atoms with Crippen LogP contribution in [0.1, 0.15) is 16.7 Å². The number of aryl methyl sites for hydroxylation is 1. The van der Waals surface area contributed by atoms with E-state index in [9.17, 15) is 0 Å². The Kier molecular flexibility index (Phi) is 3.32. The Morgan fingerprint density at radius 3 is 2.32 bits per heavy atom. The summed E-state index contributed by atoms with van der Waals surface area (Å²) in [6.45, 7) is 2.20. The Morgan fingerprint density at radius 1 is 0.581 bits per heavy atom. The summed E-state index contributed by atoms with van der Waals surface area (Å²) in [7, 11) is 0. The normalized spacial score (nSPS) is 12.8. The summed E-state index contributed by atoms with van der Waals surface area (Å²) in [5.41, 5.74) is 3.86. The van der Waals surface area contributed by atoms with E-state index in [2.05, 4.69) is 97.9 Å². The molecule has 1 heterocycles. The summed E-state index contributed by atoms with van der Waals surface area (Å²) in [6.07, 6.45) is 0.887. The van der Waals surface area contributed by atoms with Crippen molar-refractivity contribution in [1.29, 1.82) is 0 Å². The van der Waals surface area contributed by atoms with E-state index in [-0.39, 0.29) is 0 Å². The molecule has 0 saturated heterocycles. The van der Waals surface area contributed by atoms with Crippen molar-refractivity contribution in [3.05, 3.63) is 108 Å². The Balaban J connectivity index is 1.76. The second kappa shape index (κ2) is 6.09. The molecule has 1 nitrogen and oxygen atoms in total. The van der Waals surface area contributed by atoms with Gasteiger partial charge in [-0.15, -0.1) is 0 Å². The summed E-state index contributed by atoms with van der Waals surface area (Å²) >= 11 is 0. The molecule has 146 valence electrons. The molecule has 0 aromatic heterocycles. The van der Waals surface area contributed by atoms with E-state index in [4.69, 9.17) is 4.74 Å². The molecule has 6 aromatic carbocycles. The molecule has 6 aromatic rings. The fourth-order valence-electron chi connectivity index (χ4n) is 5.39. The van der Waals surface area contributed by atoms with Crippen molar-refractivity contribution in [1.82, 2.24) is 0 Å². The molecule has 31 heavy (non-hydrogen) atoms. The lowest BCUT2D eigenvalue weighted by Crippen LogP contribution is -2.05. The molecule has 0 bridgehead atoms. The number of fused-ring (bicyclic) bond motifs is 11. The van der Waals surface area contributed by atoms with Gasteiger partial charge >= 0.3 is 0 Å². The van der Waals surface area contributed by atoms with Gasteiger partial charge in [-0.25, -0.2) is 0 Å². The first-order valence-corrected chi connectivity index (χ1v) is 10.8. The van der Waals surface area contributed by atoms with Crippen molar-refractivity contribution >= 4 is 43.1 Å². The Bertz CT molecular complexity index is 1690. The van der Waals surface area contributed by atoms with Crippen LogP contribution in [0.2, 0.25) is 0 Å². The monoisotopic (exact) mass is 396 g/mol. The lowest BCUT2D eigenvalue weighted by molar-refractivity contribution is 0.467. The molecule has 0 spiro atoms. The first kappa shape index (κ1) is 16.9. The molecule has 0 fully saturated rings. The lowest BCUT2D eigenvalue weighted by Gasteiger charge is -2.25. The highest BCUT2D eigenvalue weighted by Crippen LogP contribution is 2.49. The van der Waals surface area contributed by atoms with Crippen molar-refractivity contribution in [2.75, 3.05) is 0 Å². The van der Waals surface area contributed by atoms with Crippen LogP contribution in [0.3, 0.4) is 0 Å². The van der Waals surface area contributed by atoms with Gasteiger partial charge in [-0.3, -0.25) is 0 Å². The van der Waals surface area contributed by atoms with E-state index in [1.54, 1.807) is 0 Å². The molecule has 1 aliphatic heterocycles. The number of para-hydroxylation sites is 1. The summed E-state index contributed by atoms with van der Waals surface area (Å²) in [5.74, 6) is 1.99. The molecule has 0 saturated carbocycles. The van der Waals surface area contributed by atoms with Crippen molar-refractivity contribution in [3.63, 3.8) is 0 Å². The highest BCUT2D eigenvalue weighted by molar-refractivity contribution is 6.28. The van der Waals surface area contributed by atoms with E-state index in [1.165, 1.54) is 59.8 Å². The quantitative estimate of drug-likeness (QED) is 0.234. The van der Waals surface area contributed by atoms with Crippen molar-refractivity contribution in [2.24, 2.45) is 0 Å². The Hall–Kier alpha value is -3.84. The highest BCUT2D eigenvalue weighted by atomic mass is 16.5. The smallest absolute Gasteiger partial charge is 0.140 e. The summed E-state index contributed by atoms with van der Waals surface area (Å²) in [6, 6.07) is 32.8. The molecule has 0 unspecified atom stereocenters. The van der Waals surface area contributed by atoms with Crippen molar-refractivity contribution < 1.29 is 4.74 Å². The van der Waals surface area contributed by atoms with Crippen molar-refractivity contribution in [2.45, 2.75) is 13.3 Å². The molecule has 1 aliphatic rings. The Morgan fingerprint density at radius 2 is 1.35 bits per heavy atom.